The first-order valence-electron chi connectivity index (χ1n) is 6.48. The zero-order chi connectivity index (χ0) is 15.7. The lowest BCUT2D eigenvalue weighted by Gasteiger charge is -2.14. The number of carboxylic acids is 1. The molecule has 0 bridgehead atoms. The fourth-order valence-corrected chi connectivity index (χ4v) is 3.47. The van der Waals surface area contributed by atoms with Crippen molar-refractivity contribution >= 4 is 57.0 Å². The smallest absolute Gasteiger partial charge is 0.266 e. The number of benzene rings is 2. The number of carbonyl (C=O) groups is 2. The van der Waals surface area contributed by atoms with Gasteiger partial charge in [0.25, 0.3) is 5.91 Å². The molecule has 0 N–H and O–H groups in total. The maximum atomic E-state index is 12.2. The van der Waals surface area contributed by atoms with Gasteiger partial charge in [-0.2, -0.15) is 0 Å². The minimum Gasteiger partial charge on any atom is -0.548 e. The van der Waals surface area contributed by atoms with E-state index in [1.54, 1.807) is 6.08 Å². The molecule has 0 atom stereocenters. The predicted molar refractivity (Wildman–Crippen MR) is 88.8 cm³/mol. The summed E-state index contributed by atoms with van der Waals surface area (Å²) in [4.78, 5) is 24.3. The van der Waals surface area contributed by atoms with Crippen LogP contribution in [-0.4, -0.2) is 27.6 Å². The van der Waals surface area contributed by atoms with Crippen LogP contribution in [0.15, 0.2) is 47.4 Å². The predicted octanol–water partition coefficient (Wildman–Crippen LogP) is 1.79. The standard InChI is InChI=1S/C16H11NO3S2/c18-14(19)9-17-15(20)13(22-16(17)21)8-10-5-6-11-3-1-2-4-12(11)7-10/h1-8H,9H2,(H,18,19)/p-1/b13-8-. The molecule has 2 aromatic rings. The van der Waals surface area contributed by atoms with Crippen molar-refractivity contribution in [3.8, 4) is 0 Å². The summed E-state index contributed by atoms with van der Waals surface area (Å²) >= 11 is 6.14. The zero-order valence-corrected chi connectivity index (χ0v) is 12.9. The van der Waals surface area contributed by atoms with E-state index < -0.39 is 18.4 Å². The number of nitrogens with zero attached hydrogens (tertiary/aromatic N) is 1. The van der Waals surface area contributed by atoms with Gasteiger partial charge in [0.1, 0.15) is 4.32 Å². The number of hydrogen-bond acceptors (Lipinski definition) is 5. The van der Waals surface area contributed by atoms with Crippen molar-refractivity contribution in [2.24, 2.45) is 0 Å². The number of hydrogen-bond donors (Lipinski definition) is 0. The van der Waals surface area contributed by atoms with E-state index in [1.165, 1.54) is 0 Å². The minimum atomic E-state index is -1.33. The van der Waals surface area contributed by atoms with E-state index in [0.29, 0.717) is 4.91 Å². The average molecular weight is 328 g/mol. The van der Waals surface area contributed by atoms with Gasteiger partial charge in [-0.15, -0.1) is 0 Å². The molecule has 0 aromatic heterocycles. The van der Waals surface area contributed by atoms with E-state index in [1.807, 2.05) is 42.5 Å². The molecule has 1 fully saturated rings. The van der Waals surface area contributed by atoms with Gasteiger partial charge in [-0.1, -0.05) is 60.4 Å². The Balaban J connectivity index is 1.92. The SMILES string of the molecule is O=C([O-])CN1C(=O)/C(=C/c2ccc3ccccc3c2)SC1=S. The second-order valence-corrected chi connectivity index (χ2v) is 6.42. The number of rotatable bonds is 3. The van der Waals surface area contributed by atoms with Crippen molar-refractivity contribution in [1.82, 2.24) is 4.90 Å². The quantitative estimate of drug-likeness (QED) is 0.635. The maximum Gasteiger partial charge on any atom is 0.266 e. The highest BCUT2D eigenvalue weighted by atomic mass is 32.2. The highest BCUT2D eigenvalue weighted by Crippen LogP contribution is 2.32. The van der Waals surface area contributed by atoms with Gasteiger partial charge >= 0.3 is 0 Å². The van der Waals surface area contributed by atoms with Crippen LogP contribution >= 0.6 is 24.0 Å². The Morgan fingerprint density at radius 2 is 1.95 bits per heavy atom. The molecule has 110 valence electrons. The van der Waals surface area contributed by atoms with Crippen LogP contribution in [-0.2, 0) is 9.59 Å². The summed E-state index contributed by atoms with van der Waals surface area (Å²) in [6.45, 7) is -0.514. The molecule has 1 saturated heterocycles. The van der Waals surface area contributed by atoms with Crippen LogP contribution in [0, 0.1) is 0 Å². The number of thioether (sulfide) groups is 1. The highest BCUT2D eigenvalue weighted by molar-refractivity contribution is 8.26. The molecule has 6 heteroatoms. The molecule has 0 saturated carbocycles. The van der Waals surface area contributed by atoms with Crippen LogP contribution in [0.2, 0.25) is 0 Å². The van der Waals surface area contributed by atoms with Crippen LogP contribution in [0.25, 0.3) is 16.8 Å². The third-order valence-corrected chi connectivity index (χ3v) is 4.61. The first kappa shape index (κ1) is 14.7. The maximum absolute atomic E-state index is 12.2. The van der Waals surface area contributed by atoms with Gasteiger partial charge in [0, 0.05) is 0 Å². The van der Waals surface area contributed by atoms with Gasteiger partial charge in [0.15, 0.2) is 0 Å². The summed E-state index contributed by atoms with van der Waals surface area (Å²) in [5, 5.41) is 12.9. The number of aliphatic carboxylic acids is 1. The van der Waals surface area contributed by atoms with Crippen molar-refractivity contribution in [3.63, 3.8) is 0 Å². The Kier molecular flexibility index (Phi) is 3.96. The molecule has 1 heterocycles. The average Bonchev–Trinajstić information content (AvgIpc) is 2.74. The molecule has 0 unspecified atom stereocenters. The molecule has 2 aromatic carbocycles. The monoisotopic (exact) mass is 328 g/mol. The molecule has 4 nitrogen and oxygen atoms in total. The fraction of sp³-hybridized carbons (Fsp3) is 0.0625. The van der Waals surface area contributed by atoms with Gasteiger partial charge in [-0.3, -0.25) is 9.69 Å². The van der Waals surface area contributed by atoms with Crippen molar-refractivity contribution in [1.29, 1.82) is 0 Å². The number of thiocarbonyl (C=S) groups is 1. The summed E-state index contributed by atoms with van der Waals surface area (Å²) in [6, 6.07) is 13.8. The van der Waals surface area contributed by atoms with E-state index >= 15 is 0 Å². The first-order chi connectivity index (χ1) is 10.5. The lowest BCUT2D eigenvalue weighted by molar-refractivity contribution is -0.305. The fourth-order valence-electron chi connectivity index (χ4n) is 2.21. The largest absolute Gasteiger partial charge is 0.548 e. The van der Waals surface area contributed by atoms with Gasteiger partial charge in [0.05, 0.1) is 17.4 Å². The Morgan fingerprint density at radius 3 is 2.68 bits per heavy atom. The molecule has 1 aliphatic rings. The molecule has 0 spiro atoms. The van der Waals surface area contributed by atoms with Crippen molar-refractivity contribution in [2.75, 3.05) is 6.54 Å². The van der Waals surface area contributed by atoms with Gasteiger partial charge in [0.2, 0.25) is 0 Å². The summed E-state index contributed by atoms with van der Waals surface area (Å²) in [5.41, 5.74) is 0.868. The summed E-state index contributed by atoms with van der Waals surface area (Å²) in [6.07, 6.45) is 1.72. The minimum absolute atomic E-state index is 0.237. The second-order valence-electron chi connectivity index (χ2n) is 4.75. The second kappa shape index (κ2) is 5.90. The molecule has 0 radical (unpaired) electrons. The van der Waals surface area contributed by atoms with Crippen LogP contribution in [0.5, 0.6) is 0 Å². The summed E-state index contributed by atoms with van der Waals surface area (Å²) < 4.78 is 0.237. The molecule has 22 heavy (non-hydrogen) atoms. The lowest BCUT2D eigenvalue weighted by Crippen LogP contribution is -2.40. The van der Waals surface area contributed by atoms with Gasteiger partial charge < -0.3 is 9.90 Å². The highest BCUT2D eigenvalue weighted by Gasteiger charge is 2.31. The van der Waals surface area contributed by atoms with E-state index in [-0.39, 0.29) is 4.32 Å². The Labute approximate surface area is 136 Å². The van der Waals surface area contributed by atoms with Crippen molar-refractivity contribution in [3.05, 3.63) is 52.9 Å². The topological polar surface area (TPSA) is 60.4 Å². The van der Waals surface area contributed by atoms with Gasteiger partial charge in [-0.05, 0) is 28.5 Å². The molecule has 0 aliphatic carbocycles. The third-order valence-electron chi connectivity index (χ3n) is 3.23. The Bertz CT molecular complexity index is 829. The number of fused-ring (bicyclic) bond motifs is 1. The van der Waals surface area contributed by atoms with Crippen LogP contribution in [0.3, 0.4) is 0 Å². The molecule has 1 amide bonds. The number of carbonyl (C=O) groups excluding carboxylic acids is 2. The van der Waals surface area contributed by atoms with Gasteiger partial charge in [-0.25, -0.2) is 0 Å². The van der Waals surface area contributed by atoms with Crippen molar-refractivity contribution < 1.29 is 14.7 Å². The Morgan fingerprint density at radius 1 is 1.23 bits per heavy atom. The van der Waals surface area contributed by atoms with Crippen LogP contribution in [0.4, 0.5) is 0 Å². The summed E-state index contributed by atoms with van der Waals surface area (Å²) in [7, 11) is 0. The van der Waals surface area contributed by atoms with E-state index in [9.17, 15) is 14.7 Å². The summed E-state index contributed by atoms with van der Waals surface area (Å²) in [5.74, 6) is -1.73. The molecule has 1 aliphatic heterocycles. The van der Waals surface area contributed by atoms with E-state index in [4.69, 9.17) is 12.2 Å². The first-order valence-corrected chi connectivity index (χ1v) is 7.71. The van der Waals surface area contributed by atoms with E-state index in [2.05, 4.69) is 0 Å². The Hall–Kier alpha value is -2.18. The number of carboxylic acid groups (broad SMARTS) is 1. The normalized spacial score (nSPS) is 16.7. The molecule has 3 rings (SSSR count). The van der Waals surface area contributed by atoms with E-state index in [0.717, 1.165) is 33.0 Å². The lowest BCUT2D eigenvalue weighted by atomic mass is 10.1. The third kappa shape index (κ3) is 2.88. The zero-order valence-electron chi connectivity index (χ0n) is 11.3. The van der Waals surface area contributed by atoms with Crippen LogP contribution < -0.4 is 5.11 Å². The van der Waals surface area contributed by atoms with Crippen molar-refractivity contribution in [2.45, 2.75) is 0 Å². The van der Waals surface area contributed by atoms with Crippen LogP contribution in [0.1, 0.15) is 5.56 Å². The molecular weight excluding hydrogens is 318 g/mol. The molecular formula is C16H10NO3S2-. The number of amides is 1.